The fourth-order valence-corrected chi connectivity index (χ4v) is 4.07. The van der Waals surface area contributed by atoms with E-state index in [1.165, 1.54) is 0 Å². The maximum absolute atomic E-state index is 12.1. The van der Waals surface area contributed by atoms with Crippen molar-refractivity contribution in [1.29, 1.82) is 0 Å². The van der Waals surface area contributed by atoms with Crippen LogP contribution in [0.5, 0.6) is 0 Å². The van der Waals surface area contributed by atoms with Crippen LogP contribution in [0, 0.1) is 20.8 Å². The van der Waals surface area contributed by atoms with Gasteiger partial charge in [0.1, 0.15) is 0 Å². The Hall–Kier alpha value is -1.70. The van der Waals surface area contributed by atoms with E-state index in [-0.39, 0.29) is 23.9 Å². The van der Waals surface area contributed by atoms with Gasteiger partial charge in [0.05, 0.1) is 10.5 Å². The molecule has 0 unspecified atom stereocenters. The van der Waals surface area contributed by atoms with Gasteiger partial charge < -0.3 is 5.32 Å². The third-order valence-electron chi connectivity index (χ3n) is 3.32. The molecule has 0 atom stereocenters. The Labute approximate surface area is 140 Å². The maximum Gasteiger partial charge on any atom is 0.252 e. The van der Waals surface area contributed by atoms with Gasteiger partial charge in [0, 0.05) is 22.8 Å². The third-order valence-corrected chi connectivity index (χ3v) is 5.76. The van der Waals surface area contributed by atoms with E-state index in [9.17, 15) is 13.2 Å². The first kappa shape index (κ1) is 17.7. The number of carbonyl (C=O) groups excluding carboxylic acids is 1. The molecule has 0 spiro atoms. The Morgan fingerprint density at radius 2 is 1.74 bits per heavy atom. The van der Waals surface area contributed by atoms with Crippen molar-refractivity contribution >= 4 is 27.3 Å². The molecule has 0 radical (unpaired) electrons. The lowest BCUT2D eigenvalue weighted by Gasteiger charge is -2.08. The van der Waals surface area contributed by atoms with Gasteiger partial charge in [-0.3, -0.25) is 4.79 Å². The van der Waals surface area contributed by atoms with Crippen molar-refractivity contribution in [3.63, 3.8) is 0 Å². The first-order valence-electron chi connectivity index (χ1n) is 7.21. The van der Waals surface area contributed by atoms with Gasteiger partial charge >= 0.3 is 0 Å². The summed E-state index contributed by atoms with van der Waals surface area (Å²) in [5.41, 5.74) is 1.64. The van der Waals surface area contributed by atoms with Crippen molar-refractivity contribution in [3.8, 4) is 0 Å². The van der Waals surface area contributed by atoms with E-state index < -0.39 is 10.0 Å². The quantitative estimate of drug-likeness (QED) is 0.784. The molecule has 0 saturated heterocycles. The summed E-state index contributed by atoms with van der Waals surface area (Å²) in [6.45, 7) is 6.12. The highest BCUT2D eigenvalue weighted by Crippen LogP contribution is 2.20. The molecule has 1 amide bonds. The minimum absolute atomic E-state index is 0.143. The summed E-state index contributed by atoms with van der Waals surface area (Å²) < 4.78 is 26.7. The Morgan fingerprint density at radius 3 is 2.30 bits per heavy atom. The zero-order valence-electron chi connectivity index (χ0n) is 13.3. The number of thiophene rings is 1. The van der Waals surface area contributed by atoms with Gasteiger partial charge in [-0.15, -0.1) is 11.3 Å². The average Bonchev–Trinajstić information content (AvgIpc) is 2.83. The lowest BCUT2D eigenvalue weighted by atomic mass is 10.2. The molecule has 0 bridgehead atoms. The maximum atomic E-state index is 12.1. The lowest BCUT2D eigenvalue weighted by molar-refractivity contribution is 0.0954. The van der Waals surface area contributed by atoms with E-state index in [1.54, 1.807) is 35.6 Å². The number of benzene rings is 1. The van der Waals surface area contributed by atoms with Crippen molar-refractivity contribution in [2.45, 2.75) is 25.7 Å². The van der Waals surface area contributed by atoms with Gasteiger partial charge in [-0.25, -0.2) is 13.1 Å². The molecule has 0 aliphatic heterocycles. The molecule has 7 heteroatoms. The monoisotopic (exact) mass is 352 g/mol. The molecule has 5 nitrogen and oxygen atoms in total. The number of sulfonamides is 1. The first-order valence-corrected chi connectivity index (χ1v) is 9.51. The van der Waals surface area contributed by atoms with Gasteiger partial charge in [-0.2, -0.15) is 0 Å². The molecule has 1 aromatic heterocycles. The lowest BCUT2D eigenvalue weighted by Crippen LogP contribution is -2.34. The fraction of sp³-hybridized carbons (Fsp3) is 0.312. The van der Waals surface area contributed by atoms with Crippen molar-refractivity contribution in [2.75, 3.05) is 13.1 Å². The van der Waals surface area contributed by atoms with Crippen LogP contribution in [0.2, 0.25) is 0 Å². The zero-order chi connectivity index (χ0) is 17.0. The van der Waals surface area contributed by atoms with Gasteiger partial charge in [0.25, 0.3) is 5.91 Å². The Balaban J connectivity index is 1.86. The van der Waals surface area contributed by atoms with Crippen molar-refractivity contribution in [2.24, 2.45) is 0 Å². The van der Waals surface area contributed by atoms with Crippen LogP contribution < -0.4 is 10.0 Å². The van der Waals surface area contributed by atoms with E-state index >= 15 is 0 Å². The van der Waals surface area contributed by atoms with Gasteiger partial charge in [-0.1, -0.05) is 17.7 Å². The van der Waals surface area contributed by atoms with E-state index in [0.29, 0.717) is 5.56 Å². The third kappa shape index (κ3) is 4.63. The number of rotatable bonds is 6. The van der Waals surface area contributed by atoms with Crippen molar-refractivity contribution in [1.82, 2.24) is 10.0 Å². The van der Waals surface area contributed by atoms with Crippen LogP contribution in [0.4, 0.5) is 0 Å². The number of amides is 1. The standard InChI is InChI=1S/C16H20N2O3S2/c1-11-4-6-14(7-5-11)23(20,21)18-9-8-17-16(19)15-10-12(2)22-13(15)3/h4-7,10,18H,8-9H2,1-3H3,(H,17,19). The highest BCUT2D eigenvalue weighted by atomic mass is 32.2. The normalized spacial score (nSPS) is 11.4. The second kappa shape index (κ2) is 7.25. The van der Waals surface area contributed by atoms with Crippen LogP contribution in [-0.2, 0) is 10.0 Å². The Morgan fingerprint density at radius 1 is 1.09 bits per heavy atom. The number of aryl methyl sites for hydroxylation is 3. The summed E-state index contributed by atoms with van der Waals surface area (Å²) in [7, 11) is -3.54. The summed E-state index contributed by atoms with van der Waals surface area (Å²) >= 11 is 1.57. The molecule has 1 heterocycles. The van der Waals surface area contributed by atoms with E-state index in [1.807, 2.05) is 26.8 Å². The van der Waals surface area contributed by atoms with Crippen LogP contribution in [0.25, 0.3) is 0 Å². The molecule has 0 aliphatic rings. The molecular formula is C16H20N2O3S2. The molecule has 1 aromatic carbocycles. The van der Waals surface area contributed by atoms with Crippen LogP contribution in [-0.4, -0.2) is 27.4 Å². The highest BCUT2D eigenvalue weighted by Gasteiger charge is 2.14. The van der Waals surface area contributed by atoms with Crippen LogP contribution in [0.15, 0.2) is 35.2 Å². The number of nitrogens with one attached hydrogen (secondary N) is 2. The topological polar surface area (TPSA) is 75.3 Å². The van der Waals surface area contributed by atoms with Crippen LogP contribution >= 0.6 is 11.3 Å². The predicted molar refractivity (Wildman–Crippen MR) is 92.5 cm³/mol. The van der Waals surface area contributed by atoms with Crippen LogP contribution in [0.3, 0.4) is 0 Å². The SMILES string of the molecule is Cc1ccc(S(=O)(=O)NCCNC(=O)c2cc(C)sc2C)cc1. The number of hydrogen-bond donors (Lipinski definition) is 2. The van der Waals surface area contributed by atoms with Gasteiger partial charge in [-0.05, 0) is 39.0 Å². The summed E-state index contributed by atoms with van der Waals surface area (Å²) in [4.78, 5) is 14.3. The van der Waals surface area contributed by atoms with Crippen LogP contribution in [0.1, 0.15) is 25.7 Å². The average molecular weight is 352 g/mol. The molecule has 2 N–H and O–H groups in total. The van der Waals surface area contributed by atoms with Gasteiger partial charge in [0.2, 0.25) is 10.0 Å². The molecule has 2 aromatic rings. The number of carbonyl (C=O) groups is 1. The second-order valence-electron chi connectivity index (χ2n) is 5.29. The first-order chi connectivity index (χ1) is 10.8. The molecule has 0 fully saturated rings. The molecule has 0 aliphatic carbocycles. The predicted octanol–water partition coefficient (Wildman–Crippen LogP) is 2.38. The van der Waals surface area contributed by atoms with E-state index in [4.69, 9.17) is 0 Å². The summed E-state index contributed by atoms with van der Waals surface area (Å²) in [6.07, 6.45) is 0. The summed E-state index contributed by atoms with van der Waals surface area (Å²) in [5.74, 6) is -0.179. The summed E-state index contributed by atoms with van der Waals surface area (Å²) in [6, 6.07) is 8.46. The smallest absolute Gasteiger partial charge is 0.252 e. The molecule has 23 heavy (non-hydrogen) atoms. The molecular weight excluding hydrogens is 332 g/mol. The minimum atomic E-state index is -3.54. The Bertz CT molecular complexity index is 793. The van der Waals surface area contributed by atoms with Crippen molar-refractivity contribution < 1.29 is 13.2 Å². The van der Waals surface area contributed by atoms with E-state index in [0.717, 1.165) is 15.3 Å². The molecule has 2 rings (SSSR count). The second-order valence-corrected chi connectivity index (χ2v) is 8.52. The summed E-state index contributed by atoms with van der Waals surface area (Å²) in [5, 5.41) is 2.73. The highest BCUT2D eigenvalue weighted by molar-refractivity contribution is 7.89. The molecule has 124 valence electrons. The largest absolute Gasteiger partial charge is 0.351 e. The van der Waals surface area contributed by atoms with E-state index in [2.05, 4.69) is 10.0 Å². The van der Waals surface area contributed by atoms with Gasteiger partial charge in [0.15, 0.2) is 0 Å². The Kier molecular flexibility index (Phi) is 5.56. The minimum Gasteiger partial charge on any atom is -0.351 e. The fourth-order valence-electron chi connectivity index (χ4n) is 2.11. The molecule has 0 saturated carbocycles. The zero-order valence-corrected chi connectivity index (χ0v) is 15.0. The van der Waals surface area contributed by atoms with Crippen molar-refractivity contribution in [3.05, 3.63) is 51.2 Å². The number of hydrogen-bond acceptors (Lipinski definition) is 4.